The average Bonchev–Trinajstić information content (AvgIpc) is 2.00. The second-order valence-electron chi connectivity index (χ2n) is 2.21. The lowest BCUT2D eigenvalue weighted by Gasteiger charge is -2.02. The van der Waals surface area contributed by atoms with Crippen molar-refractivity contribution in [1.82, 2.24) is 4.98 Å². The van der Waals surface area contributed by atoms with Gasteiger partial charge in [-0.2, -0.15) is 0 Å². The SMILES string of the molecule is Cc1c(C(=O)O)cnc(Cl)c1Cl. The number of rotatable bonds is 1. The Kier molecular flexibility index (Phi) is 2.55. The van der Waals surface area contributed by atoms with Crippen molar-refractivity contribution in [1.29, 1.82) is 0 Å². The summed E-state index contributed by atoms with van der Waals surface area (Å²) in [6, 6.07) is 0. The van der Waals surface area contributed by atoms with Crippen LogP contribution in [0.15, 0.2) is 6.20 Å². The minimum atomic E-state index is -1.06. The minimum absolute atomic E-state index is 0.0735. The number of nitrogens with zero attached hydrogens (tertiary/aromatic N) is 1. The molecule has 1 aromatic heterocycles. The van der Waals surface area contributed by atoms with Crippen LogP contribution in [0.25, 0.3) is 0 Å². The Morgan fingerprint density at radius 3 is 2.67 bits per heavy atom. The summed E-state index contributed by atoms with van der Waals surface area (Å²) in [6.07, 6.45) is 1.19. The first-order chi connectivity index (χ1) is 5.54. The molecule has 0 saturated heterocycles. The average molecular weight is 206 g/mol. The van der Waals surface area contributed by atoms with Crippen molar-refractivity contribution in [3.63, 3.8) is 0 Å². The molecule has 0 saturated carbocycles. The molecule has 0 aliphatic heterocycles. The van der Waals surface area contributed by atoms with Crippen molar-refractivity contribution >= 4 is 29.2 Å². The van der Waals surface area contributed by atoms with E-state index in [0.717, 1.165) is 0 Å². The van der Waals surface area contributed by atoms with E-state index in [1.54, 1.807) is 6.92 Å². The van der Waals surface area contributed by atoms with Gasteiger partial charge in [0.15, 0.2) is 0 Å². The highest BCUT2D eigenvalue weighted by molar-refractivity contribution is 6.41. The first-order valence-electron chi connectivity index (χ1n) is 3.08. The summed E-state index contributed by atoms with van der Waals surface area (Å²) < 4.78 is 0. The third-order valence-corrected chi connectivity index (χ3v) is 2.30. The third kappa shape index (κ3) is 1.52. The maximum absolute atomic E-state index is 10.5. The zero-order valence-electron chi connectivity index (χ0n) is 6.14. The van der Waals surface area contributed by atoms with E-state index in [1.807, 2.05) is 0 Å². The van der Waals surface area contributed by atoms with Crippen LogP contribution in [-0.4, -0.2) is 16.1 Å². The van der Waals surface area contributed by atoms with Gasteiger partial charge in [-0.05, 0) is 12.5 Å². The van der Waals surface area contributed by atoms with E-state index in [9.17, 15) is 4.79 Å². The molecule has 0 atom stereocenters. The number of aromatic nitrogens is 1. The molecule has 0 spiro atoms. The highest BCUT2D eigenvalue weighted by atomic mass is 35.5. The molecule has 3 nitrogen and oxygen atoms in total. The van der Waals surface area contributed by atoms with Crippen LogP contribution in [0.2, 0.25) is 10.2 Å². The zero-order valence-corrected chi connectivity index (χ0v) is 7.65. The quantitative estimate of drug-likeness (QED) is 0.717. The van der Waals surface area contributed by atoms with Crippen LogP contribution < -0.4 is 0 Å². The molecule has 1 rings (SSSR count). The van der Waals surface area contributed by atoms with Crippen molar-refractivity contribution in [2.45, 2.75) is 6.92 Å². The van der Waals surface area contributed by atoms with Gasteiger partial charge in [-0.1, -0.05) is 23.2 Å². The van der Waals surface area contributed by atoms with Gasteiger partial charge in [0.2, 0.25) is 0 Å². The number of aromatic carboxylic acids is 1. The van der Waals surface area contributed by atoms with E-state index < -0.39 is 5.97 Å². The predicted octanol–water partition coefficient (Wildman–Crippen LogP) is 2.40. The first-order valence-corrected chi connectivity index (χ1v) is 3.83. The molecule has 1 heterocycles. The molecule has 0 aromatic carbocycles. The van der Waals surface area contributed by atoms with Crippen LogP contribution in [0.1, 0.15) is 15.9 Å². The Labute approximate surface area is 78.9 Å². The van der Waals surface area contributed by atoms with E-state index >= 15 is 0 Å². The Bertz CT molecular complexity index is 338. The third-order valence-electron chi connectivity index (χ3n) is 1.45. The molecule has 0 aliphatic rings. The van der Waals surface area contributed by atoms with Crippen LogP contribution >= 0.6 is 23.2 Å². The maximum atomic E-state index is 10.5. The number of hydrogen-bond acceptors (Lipinski definition) is 2. The van der Waals surface area contributed by atoms with E-state index in [2.05, 4.69) is 4.98 Å². The fourth-order valence-corrected chi connectivity index (χ4v) is 1.10. The molecular formula is C7H5Cl2NO2. The standard InChI is InChI=1S/C7H5Cl2NO2/c1-3-4(7(11)12)2-10-6(9)5(3)8/h2H,1H3,(H,11,12). The normalized spacial score (nSPS) is 9.92. The smallest absolute Gasteiger partial charge is 0.337 e. The number of carboxylic acid groups (broad SMARTS) is 1. The molecular weight excluding hydrogens is 201 g/mol. The van der Waals surface area contributed by atoms with Crippen molar-refractivity contribution in [2.75, 3.05) is 0 Å². The summed E-state index contributed by atoms with van der Waals surface area (Å²) in [6.45, 7) is 1.58. The van der Waals surface area contributed by atoms with E-state index in [1.165, 1.54) is 6.20 Å². The molecule has 1 N–H and O–H groups in total. The molecule has 0 unspecified atom stereocenters. The lowest BCUT2D eigenvalue weighted by Crippen LogP contribution is -2.01. The molecule has 0 amide bonds. The molecule has 0 fully saturated rings. The summed E-state index contributed by atoms with van der Waals surface area (Å²) >= 11 is 11.2. The lowest BCUT2D eigenvalue weighted by molar-refractivity contribution is 0.0695. The topological polar surface area (TPSA) is 50.2 Å². The first kappa shape index (κ1) is 9.29. The van der Waals surface area contributed by atoms with Gasteiger partial charge in [-0.3, -0.25) is 0 Å². The largest absolute Gasteiger partial charge is 0.478 e. The number of carboxylic acids is 1. The molecule has 1 aromatic rings. The summed E-state index contributed by atoms with van der Waals surface area (Å²) in [5.41, 5.74) is 0.508. The molecule has 0 radical (unpaired) electrons. The second kappa shape index (κ2) is 3.29. The monoisotopic (exact) mass is 205 g/mol. The van der Waals surface area contributed by atoms with Gasteiger partial charge in [0.05, 0.1) is 10.6 Å². The van der Waals surface area contributed by atoms with E-state index in [4.69, 9.17) is 28.3 Å². The predicted molar refractivity (Wildman–Crippen MR) is 46.0 cm³/mol. The second-order valence-corrected chi connectivity index (χ2v) is 2.94. The molecule has 0 bridgehead atoms. The highest BCUT2D eigenvalue weighted by Crippen LogP contribution is 2.25. The Balaban J connectivity index is 3.36. The van der Waals surface area contributed by atoms with Crippen LogP contribution in [-0.2, 0) is 0 Å². The molecule has 12 heavy (non-hydrogen) atoms. The van der Waals surface area contributed by atoms with Crippen LogP contribution in [0, 0.1) is 6.92 Å². The number of carbonyl (C=O) groups is 1. The summed E-state index contributed by atoms with van der Waals surface area (Å²) in [7, 11) is 0. The fraction of sp³-hybridized carbons (Fsp3) is 0.143. The Morgan fingerprint density at radius 2 is 2.17 bits per heavy atom. The lowest BCUT2D eigenvalue weighted by atomic mass is 10.2. The van der Waals surface area contributed by atoms with Crippen LogP contribution in [0.3, 0.4) is 0 Å². The highest BCUT2D eigenvalue weighted by Gasteiger charge is 2.12. The van der Waals surface area contributed by atoms with Crippen molar-refractivity contribution in [2.24, 2.45) is 0 Å². The van der Waals surface area contributed by atoms with Gasteiger partial charge >= 0.3 is 5.97 Å². The maximum Gasteiger partial charge on any atom is 0.337 e. The summed E-state index contributed by atoms with van der Waals surface area (Å²) in [4.78, 5) is 14.2. The van der Waals surface area contributed by atoms with Crippen LogP contribution in [0.4, 0.5) is 0 Å². The van der Waals surface area contributed by atoms with Crippen molar-refractivity contribution in [3.8, 4) is 0 Å². The van der Waals surface area contributed by atoms with Gasteiger partial charge in [0.1, 0.15) is 5.15 Å². The number of halogens is 2. The summed E-state index contributed by atoms with van der Waals surface area (Å²) in [5.74, 6) is -1.06. The fourth-order valence-electron chi connectivity index (χ4n) is 0.763. The van der Waals surface area contributed by atoms with Gasteiger partial charge in [-0.25, -0.2) is 9.78 Å². The van der Waals surface area contributed by atoms with E-state index in [0.29, 0.717) is 5.56 Å². The van der Waals surface area contributed by atoms with Gasteiger partial charge in [-0.15, -0.1) is 0 Å². The molecule has 64 valence electrons. The summed E-state index contributed by atoms with van der Waals surface area (Å²) in [5, 5.41) is 8.95. The van der Waals surface area contributed by atoms with Gasteiger partial charge in [0, 0.05) is 6.20 Å². The minimum Gasteiger partial charge on any atom is -0.478 e. The Hall–Kier alpha value is -0.800. The molecule has 5 heteroatoms. The Morgan fingerprint density at radius 1 is 1.58 bits per heavy atom. The number of hydrogen-bond donors (Lipinski definition) is 1. The molecule has 0 aliphatic carbocycles. The van der Waals surface area contributed by atoms with Crippen molar-refractivity contribution < 1.29 is 9.90 Å². The number of pyridine rings is 1. The van der Waals surface area contributed by atoms with Gasteiger partial charge < -0.3 is 5.11 Å². The van der Waals surface area contributed by atoms with Crippen molar-refractivity contribution in [3.05, 3.63) is 27.5 Å². The van der Waals surface area contributed by atoms with E-state index in [-0.39, 0.29) is 15.7 Å². The zero-order chi connectivity index (χ0) is 9.30. The van der Waals surface area contributed by atoms with Gasteiger partial charge in [0.25, 0.3) is 0 Å². The van der Waals surface area contributed by atoms with Crippen LogP contribution in [0.5, 0.6) is 0 Å².